The summed E-state index contributed by atoms with van der Waals surface area (Å²) in [5.41, 5.74) is 0. The predicted octanol–water partition coefficient (Wildman–Crippen LogP) is 0.315. The molecular formula is C9H20N2O. The summed E-state index contributed by atoms with van der Waals surface area (Å²) in [7, 11) is 1.76. The van der Waals surface area contributed by atoms with E-state index in [1.54, 1.807) is 7.11 Å². The van der Waals surface area contributed by atoms with E-state index in [4.69, 9.17) is 4.74 Å². The van der Waals surface area contributed by atoms with Gasteiger partial charge < -0.3 is 10.1 Å². The van der Waals surface area contributed by atoms with Crippen LogP contribution in [0, 0.1) is 0 Å². The van der Waals surface area contributed by atoms with E-state index in [-0.39, 0.29) is 0 Å². The second kappa shape index (κ2) is 4.80. The fourth-order valence-corrected chi connectivity index (χ4v) is 1.84. The molecule has 1 aliphatic rings. The first-order valence-electron chi connectivity index (χ1n) is 4.69. The van der Waals surface area contributed by atoms with Gasteiger partial charge in [0, 0.05) is 38.8 Å². The molecule has 0 aromatic carbocycles. The standard InChI is InChI=1S/C9H20N2O/c1-8-6-11(4-5-12-3)7-9(2)10-8/h8-10H,4-7H2,1-3H3. The number of rotatable bonds is 3. The molecule has 0 saturated carbocycles. The summed E-state index contributed by atoms with van der Waals surface area (Å²) < 4.78 is 5.05. The van der Waals surface area contributed by atoms with Crippen LogP contribution in [0.1, 0.15) is 13.8 Å². The predicted molar refractivity (Wildman–Crippen MR) is 50.4 cm³/mol. The largest absolute Gasteiger partial charge is 0.383 e. The van der Waals surface area contributed by atoms with Gasteiger partial charge in [-0.25, -0.2) is 0 Å². The van der Waals surface area contributed by atoms with Gasteiger partial charge in [-0.15, -0.1) is 0 Å². The first-order chi connectivity index (χ1) is 5.72. The number of nitrogens with zero attached hydrogens (tertiary/aromatic N) is 1. The highest BCUT2D eigenvalue weighted by molar-refractivity contribution is 4.80. The van der Waals surface area contributed by atoms with Crippen molar-refractivity contribution in [3.63, 3.8) is 0 Å². The molecule has 3 nitrogen and oxygen atoms in total. The zero-order valence-electron chi connectivity index (χ0n) is 8.34. The van der Waals surface area contributed by atoms with E-state index in [1.807, 2.05) is 0 Å². The number of ether oxygens (including phenoxy) is 1. The highest BCUT2D eigenvalue weighted by atomic mass is 16.5. The lowest BCUT2D eigenvalue weighted by molar-refractivity contribution is 0.115. The monoisotopic (exact) mass is 172 g/mol. The zero-order valence-corrected chi connectivity index (χ0v) is 8.34. The zero-order chi connectivity index (χ0) is 8.97. The number of piperazine rings is 1. The third-order valence-electron chi connectivity index (χ3n) is 2.24. The SMILES string of the molecule is COCCN1CC(C)NC(C)C1. The quantitative estimate of drug-likeness (QED) is 0.663. The van der Waals surface area contributed by atoms with Crippen LogP contribution in [0.3, 0.4) is 0 Å². The van der Waals surface area contributed by atoms with E-state index in [2.05, 4.69) is 24.1 Å². The summed E-state index contributed by atoms with van der Waals surface area (Å²) >= 11 is 0. The Balaban J connectivity index is 2.24. The number of hydrogen-bond acceptors (Lipinski definition) is 3. The molecule has 0 radical (unpaired) electrons. The van der Waals surface area contributed by atoms with E-state index < -0.39 is 0 Å². The molecule has 3 heteroatoms. The molecule has 1 fully saturated rings. The highest BCUT2D eigenvalue weighted by Crippen LogP contribution is 2.02. The van der Waals surface area contributed by atoms with Gasteiger partial charge >= 0.3 is 0 Å². The summed E-state index contributed by atoms with van der Waals surface area (Å²) in [4.78, 5) is 2.45. The molecule has 2 unspecified atom stereocenters. The molecule has 0 aromatic rings. The van der Waals surface area contributed by atoms with Gasteiger partial charge in [-0.3, -0.25) is 4.90 Å². The van der Waals surface area contributed by atoms with Crippen molar-refractivity contribution < 1.29 is 4.74 Å². The summed E-state index contributed by atoms with van der Waals surface area (Å²) in [5, 5.41) is 3.50. The lowest BCUT2D eigenvalue weighted by atomic mass is 10.1. The minimum Gasteiger partial charge on any atom is -0.383 e. The van der Waals surface area contributed by atoms with Gasteiger partial charge in [-0.05, 0) is 13.8 Å². The minimum atomic E-state index is 0.616. The third kappa shape index (κ3) is 3.09. The Bertz CT molecular complexity index is 120. The van der Waals surface area contributed by atoms with Gasteiger partial charge in [0.25, 0.3) is 0 Å². The molecule has 0 aromatic heterocycles. The van der Waals surface area contributed by atoms with Crippen molar-refractivity contribution >= 4 is 0 Å². The van der Waals surface area contributed by atoms with Gasteiger partial charge in [0.05, 0.1) is 6.61 Å². The Morgan fingerprint density at radius 1 is 1.33 bits per heavy atom. The van der Waals surface area contributed by atoms with Crippen LogP contribution in [-0.4, -0.2) is 50.3 Å². The van der Waals surface area contributed by atoms with E-state index >= 15 is 0 Å². The molecule has 2 atom stereocenters. The van der Waals surface area contributed by atoms with Crippen LogP contribution in [0.5, 0.6) is 0 Å². The van der Waals surface area contributed by atoms with Crippen LogP contribution in [0.15, 0.2) is 0 Å². The molecule has 0 spiro atoms. The van der Waals surface area contributed by atoms with Crippen molar-refractivity contribution in [1.82, 2.24) is 10.2 Å². The molecule has 1 heterocycles. The van der Waals surface area contributed by atoms with Gasteiger partial charge in [0.15, 0.2) is 0 Å². The lowest BCUT2D eigenvalue weighted by Gasteiger charge is -2.35. The fourth-order valence-electron chi connectivity index (χ4n) is 1.84. The summed E-state index contributed by atoms with van der Waals surface area (Å²) in [6, 6.07) is 1.23. The fraction of sp³-hybridized carbons (Fsp3) is 1.00. The third-order valence-corrected chi connectivity index (χ3v) is 2.24. The number of methoxy groups -OCH3 is 1. The average molecular weight is 172 g/mol. The molecule has 72 valence electrons. The maximum atomic E-state index is 5.05. The van der Waals surface area contributed by atoms with Gasteiger partial charge in [-0.1, -0.05) is 0 Å². The second-order valence-electron chi connectivity index (χ2n) is 3.72. The Morgan fingerprint density at radius 3 is 2.42 bits per heavy atom. The summed E-state index contributed by atoms with van der Waals surface area (Å²) in [5.74, 6) is 0. The average Bonchev–Trinajstić information content (AvgIpc) is 1.99. The number of nitrogens with one attached hydrogen (secondary N) is 1. The topological polar surface area (TPSA) is 24.5 Å². The first-order valence-corrected chi connectivity index (χ1v) is 4.69. The summed E-state index contributed by atoms with van der Waals surface area (Å²) in [6.45, 7) is 8.67. The minimum absolute atomic E-state index is 0.616. The van der Waals surface area contributed by atoms with Crippen molar-refractivity contribution in [2.45, 2.75) is 25.9 Å². The molecule has 0 amide bonds. The molecule has 0 bridgehead atoms. The molecule has 1 saturated heterocycles. The van der Waals surface area contributed by atoms with Crippen molar-refractivity contribution in [3.05, 3.63) is 0 Å². The van der Waals surface area contributed by atoms with Crippen molar-refractivity contribution in [2.75, 3.05) is 33.4 Å². The smallest absolute Gasteiger partial charge is 0.0589 e. The van der Waals surface area contributed by atoms with Gasteiger partial charge in [-0.2, -0.15) is 0 Å². The van der Waals surface area contributed by atoms with Crippen LogP contribution in [0.2, 0.25) is 0 Å². The van der Waals surface area contributed by atoms with Crippen LogP contribution in [0.25, 0.3) is 0 Å². The van der Waals surface area contributed by atoms with Crippen LogP contribution >= 0.6 is 0 Å². The molecule has 1 aliphatic heterocycles. The molecule has 1 N–H and O–H groups in total. The van der Waals surface area contributed by atoms with Crippen molar-refractivity contribution in [1.29, 1.82) is 0 Å². The summed E-state index contributed by atoms with van der Waals surface area (Å²) in [6.07, 6.45) is 0. The van der Waals surface area contributed by atoms with Crippen LogP contribution < -0.4 is 5.32 Å². The Morgan fingerprint density at radius 2 is 1.92 bits per heavy atom. The second-order valence-corrected chi connectivity index (χ2v) is 3.72. The normalized spacial score (nSPS) is 32.2. The maximum Gasteiger partial charge on any atom is 0.0589 e. The molecule has 12 heavy (non-hydrogen) atoms. The molecular weight excluding hydrogens is 152 g/mol. The number of hydrogen-bond donors (Lipinski definition) is 1. The Labute approximate surface area is 75.1 Å². The first kappa shape index (κ1) is 9.96. The van der Waals surface area contributed by atoms with Crippen molar-refractivity contribution in [3.8, 4) is 0 Å². The highest BCUT2D eigenvalue weighted by Gasteiger charge is 2.19. The van der Waals surface area contributed by atoms with Crippen molar-refractivity contribution in [2.24, 2.45) is 0 Å². The Hall–Kier alpha value is -0.120. The van der Waals surface area contributed by atoms with E-state index in [0.717, 1.165) is 26.2 Å². The Kier molecular flexibility index (Phi) is 3.98. The van der Waals surface area contributed by atoms with Gasteiger partial charge in [0.2, 0.25) is 0 Å². The van der Waals surface area contributed by atoms with E-state index in [0.29, 0.717) is 12.1 Å². The lowest BCUT2D eigenvalue weighted by Crippen LogP contribution is -2.54. The van der Waals surface area contributed by atoms with E-state index in [1.165, 1.54) is 0 Å². The van der Waals surface area contributed by atoms with Gasteiger partial charge in [0.1, 0.15) is 0 Å². The molecule has 1 rings (SSSR count). The molecule has 0 aliphatic carbocycles. The van der Waals surface area contributed by atoms with E-state index in [9.17, 15) is 0 Å². The van der Waals surface area contributed by atoms with Crippen LogP contribution in [0.4, 0.5) is 0 Å². The van der Waals surface area contributed by atoms with Crippen LogP contribution in [-0.2, 0) is 4.74 Å². The maximum absolute atomic E-state index is 5.05.